The van der Waals surface area contributed by atoms with E-state index >= 15 is 0 Å². The van der Waals surface area contributed by atoms with Crippen molar-refractivity contribution in [3.05, 3.63) is 0 Å². The molecule has 1 aliphatic heterocycles. The number of hydrogen-bond acceptors (Lipinski definition) is 1. The molecule has 0 radical (unpaired) electrons. The topological polar surface area (TPSA) is 12.0 Å². The summed E-state index contributed by atoms with van der Waals surface area (Å²) in [6, 6.07) is 0.765. The van der Waals surface area contributed by atoms with Gasteiger partial charge in [-0.3, -0.25) is 0 Å². The highest BCUT2D eigenvalue weighted by molar-refractivity contribution is 4.95. The molecule has 1 nitrogen and oxygen atoms in total. The molecule has 0 saturated carbocycles. The van der Waals surface area contributed by atoms with Gasteiger partial charge in [0.15, 0.2) is 0 Å². The molecule has 56 valence electrons. The maximum atomic E-state index is 3.45. The zero-order valence-electron chi connectivity index (χ0n) is 6.61. The van der Waals surface area contributed by atoms with Crippen LogP contribution in [0.3, 0.4) is 0 Å². The standard InChI is InChI=1S/C9H15N/c1-2-3-4-6-9-7-5-8-10-9/h9-10H,4-8H2,1H3. The van der Waals surface area contributed by atoms with Crippen molar-refractivity contribution in [2.24, 2.45) is 0 Å². The summed E-state index contributed by atoms with van der Waals surface area (Å²) in [4.78, 5) is 0. The largest absolute Gasteiger partial charge is 0.314 e. The molecule has 1 heterocycles. The molecule has 1 atom stereocenters. The third kappa shape index (κ3) is 2.41. The predicted octanol–water partition coefficient (Wildman–Crippen LogP) is 1.54. The van der Waals surface area contributed by atoms with Gasteiger partial charge in [0, 0.05) is 12.5 Å². The Balaban J connectivity index is 2.05. The zero-order chi connectivity index (χ0) is 7.23. The Morgan fingerprint density at radius 2 is 2.50 bits per heavy atom. The highest BCUT2D eigenvalue weighted by Gasteiger charge is 2.11. The molecule has 1 N–H and O–H groups in total. The molecule has 10 heavy (non-hydrogen) atoms. The van der Waals surface area contributed by atoms with Crippen LogP contribution in [0.2, 0.25) is 0 Å². The molecule has 1 rings (SSSR count). The van der Waals surface area contributed by atoms with E-state index in [1.165, 1.54) is 25.8 Å². The minimum Gasteiger partial charge on any atom is -0.314 e. The quantitative estimate of drug-likeness (QED) is 0.569. The normalized spacial score (nSPS) is 23.9. The van der Waals surface area contributed by atoms with Gasteiger partial charge in [0.1, 0.15) is 0 Å². The molecule has 1 aliphatic rings. The molecule has 1 fully saturated rings. The Morgan fingerprint density at radius 3 is 3.10 bits per heavy atom. The summed E-state index contributed by atoms with van der Waals surface area (Å²) in [7, 11) is 0. The highest BCUT2D eigenvalue weighted by atomic mass is 14.9. The van der Waals surface area contributed by atoms with Crippen molar-refractivity contribution in [1.29, 1.82) is 0 Å². The maximum Gasteiger partial charge on any atom is 0.0103 e. The van der Waals surface area contributed by atoms with E-state index in [1.807, 2.05) is 6.92 Å². The molecule has 1 unspecified atom stereocenters. The van der Waals surface area contributed by atoms with Crippen LogP contribution in [0.15, 0.2) is 0 Å². The Labute approximate surface area is 63.2 Å². The Hall–Kier alpha value is -0.480. The van der Waals surface area contributed by atoms with E-state index in [0.29, 0.717) is 0 Å². The second kappa shape index (κ2) is 4.35. The Kier molecular flexibility index (Phi) is 3.32. The molecule has 0 aliphatic carbocycles. The summed E-state index contributed by atoms with van der Waals surface area (Å²) in [5, 5.41) is 3.45. The SMILES string of the molecule is CC#CCCC1CCCN1. The lowest BCUT2D eigenvalue weighted by molar-refractivity contribution is 0.568. The van der Waals surface area contributed by atoms with Gasteiger partial charge in [0.25, 0.3) is 0 Å². The summed E-state index contributed by atoms with van der Waals surface area (Å²) in [6.45, 7) is 3.12. The third-order valence-corrected chi connectivity index (χ3v) is 1.96. The van der Waals surface area contributed by atoms with E-state index in [4.69, 9.17) is 0 Å². The molecule has 0 aromatic carbocycles. The van der Waals surface area contributed by atoms with Gasteiger partial charge in [0.05, 0.1) is 0 Å². The molecule has 0 aromatic heterocycles. The van der Waals surface area contributed by atoms with Crippen LogP contribution in [0.5, 0.6) is 0 Å². The molecule has 1 heteroatoms. The first-order valence-electron chi connectivity index (χ1n) is 4.06. The Morgan fingerprint density at radius 1 is 1.60 bits per heavy atom. The average molecular weight is 137 g/mol. The van der Waals surface area contributed by atoms with Crippen molar-refractivity contribution < 1.29 is 0 Å². The molecule has 1 saturated heterocycles. The van der Waals surface area contributed by atoms with Gasteiger partial charge in [-0.2, -0.15) is 0 Å². The lowest BCUT2D eigenvalue weighted by Gasteiger charge is -2.05. The van der Waals surface area contributed by atoms with Crippen LogP contribution >= 0.6 is 0 Å². The van der Waals surface area contributed by atoms with Crippen molar-refractivity contribution in [2.45, 2.75) is 38.6 Å². The highest BCUT2D eigenvalue weighted by Crippen LogP contribution is 2.09. The van der Waals surface area contributed by atoms with Crippen LogP contribution in [0.1, 0.15) is 32.6 Å². The monoisotopic (exact) mass is 137 g/mol. The first-order valence-corrected chi connectivity index (χ1v) is 4.06. The molecular formula is C9H15N. The van der Waals surface area contributed by atoms with Crippen molar-refractivity contribution in [3.63, 3.8) is 0 Å². The van der Waals surface area contributed by atoms with Gasteiger partial charge in [-0.25, -0.2) is 0 Å². The first kappa shape index (κ1) is 7.63. The van der Waals surface area contributed by atoms with Gasteiger partial charge in [-0.15, -0.1) is 11.8 Å². The minimum atomic E-state index is 0.765. The fourth-order valence-electron chi connectivity index (χ4n) is 1.37. The first-order chi connectivity index (χ1) is 4.93. The van der Waals surface area contributed by atoms with Crippen LogP contribution in [-0.2, 0) is 0 Å². The minimum absolute atomic E-state index is 0.765. The summed E-state index contributed by atoms with van der Waals surface area (Å²) in [6.07, 6.45) is 5.00. The fourth-order valence-corrected chi connectivity index (χ4v) is 1.37. The molecular weight excluding hydrogens is 122 g/mol. The predicted molar refractivity (Wildman–Crippen MR) is 43.7 cm³/mol. The van der Waals surface area contributed by atoms with Crippen LogP contribution in [0.25, 0.3) is 0 Å². The number of hydrogen-bond donors (Lipinski definition) is 1. The van der Waals surface area contributed by atoms with Crippen LogP contribution in [-0.4, -0.2) is 12.6 Å². The van der Waals surface area contributed by atoms with Gasteiger partial charge in [-0.1, -0.05) is 0 Å². The van der Waals surface area contributed by atoms with Crippen molar-refractivity contribution in [1.82, 2.24) is 5.32 Å². The summed E-state index contributed by atoms with van der Waals surface area (Å²) in [5.74, 6) is 6.00. The zero-order valence-corrected chi connectivity index (χ0v) is 6.61. The van der Waals surface area contributed by atoms with Crippen molar-refractivity contribution in [3.8, 4) is 11.8 Å². The van der Waals surface area contributed by atoms with E-state index in [2.05, 4.69) is 17.2 Å². The summed E-state index contributed by atoms with van der Waals surface area (Å²) in [5.41, 5.74) is 0. The second-order valence-electron chi connectivity index (χ2n) is 2.76. The summed E-state index contributed by atoms with van der Waals surface area (Å²) < 4.78 is 0. The number of rotatable bonds is 2. The van der Waals surface area contributed by atoms with Gasteiger partial charge < -0.3 is 5.32 Å². The van der Waals surface area contributed by atoms with Crippen LogP contribution in [0.4, 0.5) is 0 Å². The molecule has 0 bridgehead atoms. The lowest BCUT2D eigenvalue weighted by Crippen LogP contribution is -2.20. The van der Waals surface area contributed by atoms with Gasteiger partial charge >= 0.3 is 0 Å². The molecule has 0 aromatic rings. The smallest absolute Gasteiger partial charge is 0.0103 e. The van der Waals surface area contributed by atoms with Crippen molar-refractivity contribution >= 4 is 0 Å². The van der Waals surface area contributed by atoms with E-state index < -0.39 is 0 Å². The van der Waals surface area contributed by atoms with E-state index in [0.717, 1.165) is 12.5 Å². The van der Waals surface area contributed by atoms with Crippen LogP contribution < -0.4 is 5.32 Å². The average Bonchev–Trinajstić information content (AvgIpc) is 2.41. The molecule has 0 amide bonds. The number of nitrogens with one attached hydrogen (secondary N) is 1. The van der Waals surface area contributed by atoms with E-state index in [-0.39, 0.29) is 0 Å². The maximum absolute atomic E-state index is 3.45. The van der Waals surface area contributed by atoms with E-state index in [1.54, 1.807) is 0 Å². The fraction of sp³-hybridized carbons (Fsp3) is 0.778. The third-order valence-electron chi connectivity index (χ3n) is 1.96. The van der Waals surface area contributed by atoms with Crippen molar-refractivity contribution in [2.75, 3.05) is 6.54 Å². The molecule has 0 spiro atoms. The Bertz CT molecular complexity index is 135. The van der Waals surface area contributed by atoms with Crippen LogP contribution in [0, 0.1) is 11.8 Å². The van der Waals surface area contributed by atoms with Gasteiger partial charge in [-0.05, 0) is 32.7 Å². The lowest BCUT2D eigenvalue weighted by atomic mass is 10.1. The van der Waals surface area contributed by atoms with E-state index in [9.17, 15) is 0 Å². The van der Waals surface area contributed by atoms with Gasteiger partial charge in [0.2, 0.25) is 0 Å². The summed E-state index contributed by atoms with van der Waals surface area (Å²) >= 11 is 0. The second-order valence-corrected chi connectivity index (χ2v) is 2.76.